The summed E-state index contributed by atoms with van der Waals surface area (Å²) in [5.74, 6) is -0.527. The Kier molecular flexibility index (Phi) is 9.41. The fourth-order valence-electron chi connectivity index (χ4n) is 0.370. The van der Waals surface area contributed by atoms with E-state index in [0.717, 1.165) is 0 Å². The van der Waals surface area contributed by atoms with Crippen LogP contribution >= 0.6 is 0 Å². The molecule has 0 unspecified atom stereocenters. The van der Waals surface area contributed by atoms with Crippen LogP contribution in [0.5, 0.6) is 0 Å². The second-order valence-corrected chi connectivity index (χ2v) is 2.42. The van der Waals surface area contributed by atoms with Crippen molar-refractivity contribution in [3.05, 3.63) is 0 Å². The number of carbonyl (C=O) groups is 2. The fraction of sp³-hybridized carbons (Fsp3) is 0.778. The number of carbonyl (C=O) groups excluding carboxylic acids is 2. The minimum absolute atomic E-state index is 0.115. The van der Waals surface area contributed by atoms with Gasteiger partial charge in [-0.05, 0) is 0 Å². The molecule has 0 bridgehead atoms. The Labute approximate surface area is 74.5 Å². The molecule has 1 N–H and O–H groups in total. The minimum atomic E-state index is -0.210. The van der Waals surface area contributed by atoms with Crippen molar-refractivity contribution >= 4 is 11.8 Å². The summed E-state index contributed by atoms with van der Waals surface area (Å²) >= 11 is 0. The predicted octanol–water partition coefficient (Wildman–Crippen LogP) is 1.72. The molecule has 72 valence electrons. The number of nitrogens with one attached hydrogen (secondary N) is 1. The summed E-state index contributed by atoms with van der Waals surface area (Å²) in [6, 6.07) is 0. The molecule has 0 heterocycles. The van der Waals surface area contributed by atoms with Gasteiger partial charge in [0.25, 0.3) is 0 Å². The van der Waals surface area contributed by atoms with Crippen LogP contribution in [-0.4, -0.2) is 11.8 Å². The molecule has 0 aliphatic carbocycles. The zero-order valence-corrected chi connectivity index (χ0v) is 8.60. The highest BCUT2D eigenvalue weighted by Crippen LogP contribution is 1.90. The van der Waals surface area contributed by atoms with Gasteiger partial charge in [0.2, 0.25) is 11.8 Å². The Balaban J connectivity index is 0. The molecule has 0 aliphatic heterocycles. The molecular weight excluding hydrogens is 154 g/mol. The largest absolute Gasteiger partial charge is 0.296 e. The first-order valence-electron chi connectivity index (χ1n) is 4.41. The first-order chi connectivity index (χ1) is 5.57. The quantitative estimate of drug-likeness (QED) is 0.691. The first kappa shape index (κ1) is 13.7. The molecule has 0 fully saturated rings. The molecule has 0 saturated heterocycles. The summed E-state index contributed by atoms with van der Waals surface area (Å²) in [6.07, 6.45) is 0.360. The van der Waals surface area contributed by atoms with E-state index in [1.807, 2.05) is 13.8 Å². The molecule has 0 aromatic rings. The van der Waals surface area contributed by atoms with Crippen LogP contribution in [0.3, 0.4) is 0 Å². The Morgan fingerprint density at radius 1 is 1.25 bits per heavy atom. The van der Waals surface area contributed by atoms with Crippen molar-refractivity contribution in [2.75, 3.05) is 0 Å². The van der Waals surface area contributed by atoms with Crippen molar-refractivity contribution in [2.24, 2.45) is 5.92 Å². The van der Waals surface area contributed by atoms with Gasteiger partial charge in [0.15, 0.2) is 0 Å². The number of amides is 2. The molecule has 0 saturated carbocycles. The molecule has 3 nitrogen and oxygen atoms in total. The fourth-order valence-corrected chi connectivity index (χ4v) is 0.370. The summed E-state index contributed by atoms with van der Waals surface area (Å²) in [4.78, 5) is 21.4. The summed E-state index contributed by atoms with van der Waals surface area (Å²) in [7, 11) is 0. The van der Waals surface area contributed by atoms with Crippen LogP contribution in [0.4, 0.5) is 0 Å². The molecule has 0 radical (unpaired) electrons. The molecule has 0 aliphatic rings. The van der Waals surface area contributed by atoms with Crippen LogP contribution in [0.2, 0.25) is 0 Å². The Morgan fingerprint density at radius 3 is 1.92 bits per heavy atom. The van der Waals surface area contributed by atoms with Crippen molar-refractivity contribution in [3.63, 3.8) is 0 Å². The van der Waals surface area contributed by atoms with Gasteiger partial charge in [-0.25, -0.2) is 0 Å². The minimum Gasteiger partial charge on any atom is -0.296 e. The first-order valence-corrected chi connectivity index (χ1v) is 4.41. The summed E-state index contributed by atoms with van der Waals surface area (Å²) in [5, 5.41) is 2.25. The van der Waals surface area contributed by atoms with Gasteiger partial charge >= 0.3 is 0 Å². The second-order valence-electron chi connectivity index (χ2n) is 2.42. The lowest BCUT2D eigenvalue weighted by Crippen LogP contribution is -2.32. The van der Waals surface area contributed by atoms with Gasteiger partial charge in [0.05, 0.1) is 0 Å². The highest BCUT2D eigenvalue weighted by molar-refractivity contribution is 5.95. The lowest BCUT2D eigenvalue weighted by molar-refractivity contribution is -0.132. The Morgan fingerprint density at radius 2 is 1.67 bits per heavy atom. The van der Waals surface area contributed by atoms with Crippen LogP contribution in [0, 0.1) is 5.92 Å². The van der Waals surface area contributed by atoms with Crippen molar-refractivity contribution in [1.29, 1.82) is 0 Å². The molecule has 0 atom stereocenters. The molecule has 2 amide bonds. The molecule has 0 aromatic carbocycles. The van der Waals surface area contributed by atoms with Crippen molar-refractivity contribution < 1.29 is 9.59 Å². The monoisotopic (exact) mass is 173 g/mol. The van der Waals surface area contributed by atoms with Gasteiger partial charge in [-0.15, -0.1) is 0 Å². The van der Waals surface area contributed by atoms with Gasteiger partial charge in [-0.2, -0.15) is 0 Å². The number of hydrogen-bond donors (Lipinski definition) is 1. The lowest BCUT2D eigenvalue weighted by Gasteiger charge is -2.03. The standard InChI is InChI=1S/C7H13NO2.C2H6/c1-4-6(9)8-7(10)5(2)3;1-2/h5H,4H2,1-3H3,(H,8,9,10);1-2H3. The average Bonchev–Trinajstić information content (AvgIpc) is 2.07. The summed E-state index contributed by atoms with van der Waals surface area (Å²) in [6.45, 7) is 9.21. The van der Waals surface area contributed by atoms with Gasteiger partial charge in [-0.3, -0.25) is 14.9 Å². The third-order valence-corrected chi connectivity index (χ3v) is 1.11. The number of imide groups is 1. The zero-order chi connectivity index (χ0) is 10.1. The van der Waals surface area contributed by atoms with Crippen molar-refractivity contribution in [1.82, 2.24) is 5.32 Å². The van der Waals surface area contributed by atoms with E-state index in [9.17, 15) is 9.59 Å². The Bertz CT molecular complexity index is 141. The van der Waals surface area contributed by atoms with Gasteiger partial charge in [0.1, 0.15) is 0 Å². The van der Waals surface area contributed by atoms with E-state index < -0.39 is 0 Å². The van der Waals surface area contributed by atoms with Gasteiger partial charge < -0.3 is 0 Å². The average molecular weight is 173 g/mol. The van der Waals surface area contributed by atoms with Crippen molar-refractivity contribution in [3.8, 4) is 0 Å². The molecule has 0 aromatic heterocycles. The molecule has 12 heavy (non-hydrogen) atoms. The van der Waals surface area contributed by atoms with Crippen LogP contribution < -0.4 is 5.32 Å². The molecule has 0 rings (SSSR count). The van der Waals surface area contributed by atoms with E-state index >= 15 is 0 Å². The third-order valence-electron chi connectivity index (χ3n) is 1.11. The Hall–Kier alpha value is -0.860. The lowest BCUT2D eigenvalue weighted by atomic mass is 10.2. The predicted molar refractivity (Wildman–Crippen MR) is 49.6 cm³/mol. The smallest absolute Gasteiger partial charge is 0.229 e. The van der Waals surface area contributed by atoms with Crippen LogP contribution in [0.1, 0.15) is 41.0 Å². The number of rotatable bonds is 2. The van der Waals surface area contributed by atoms with Crippen LogP contribution in [-0.2, 0) is 9.59 Å². The molecular formula is C9H19NO2. The summed E-state index contributed by atoms with van der Waals surface area (Å²) < 4.78 is 0. The normalized spacial score (nSPS) is 8.50. The van der Waals surface area contributed by atoms with E-state index in [1.165, 1.54) is 0 Å². The van der Waals surface area contributed by atoms with E-state index in [4.69, 9.17) is 0 Å². The van der Waals surface area contributed by atoms with E-state index in [0.29, 0.717) is 6.42 Å². The maximum absolute atomic E-state index is 10.8. The van der Waals surface area contributed by atoms with E-state index in [2.05, 4.69) is 5.32 Å². The highest BCUT2D eigenvalue weighted by Gasteiger charge is 2.08. The van der Waals surface area contributed by atoms with Gasteiger partial charge in [0, 0.05) is 12.3 Å². The van der Waals surface area contributed by atoms with Crippen molar-refractivity contribution in [2.45, 2.75) is 41.0 Å². The summed E-state index contributed by atoms with van der Waals surface area (Å²) in [5.41, 5.74) is 0. The highest BCUT2D eigenvalue weighted by atomic mass is 16.2. The zero-order valence-electron chi connectivity index (χ0n) is 8.60. The van der Waals surface area contributed by atoms with Crippen LogP contribution in [0.25, 0.3) is 0 Å². The van der Waals surface area contributed by atoms with E-state index in [-0.39, 0.29) is 17.7 Å². The molecule has 3 heteroatoms. The maximum Gasteiger partial charge on any atom is 0.229 e. The second kappa shape index (κ2) is 8.24. The number of hydrogen-bond acceptors (Lipinski definition) is 2. The topological polar surface area (TPSA) is 46.2 Å². The van der Waals surface area contributed by atoms with Gasteiger partial charge in [-0.1, -0.05) is 34.6 Å². The molecule has 0 spiro atoms. The van der Waals surface area contributed by atoms with E-state index in [1.54, 1.807) is 20.8 Å². The SMILES string of the molecule is CC.CCC(=O)NC(=O)C(C)C. The maximum atomic E-state index is 10.8. The van der Waals surface area contributed by atoms with Crippen LogP contribution in [0.15, 0.2) is 0 Å². The third kappa shape index (κ3) is 7.25.